The number of rotatable bonds is 9. The summed E-state index contributed by atoms with van der Waals surface area (Å²) in [5, 5.41) is 6.84. The summed E-state index contributed by atoms with van der Waals surface area (Å²) >= 11 is 0. The van der Waals surface area contributed by atoms with Crippen molar-refractivity contribution in [3.05, 3.63) is 29.8 Å². The molecule has 3 aliphatic rings. The van der Waals surface area contributed by atoms with E-state index in [1.165, 1.54) is 5.56 Å². The molecule has 7 heteroatoms. The smallest absolute Gasteiger partial charge is 0.225 e. The first-order valence-electron chi connectivity index (χ1n) is 12.6. The van der Waals surface area contributed by atoms with Crippen LogP contribution < -0.4 is 15.4 Å². The summed E-state index contributed by atoms with van der Waals surface area (Å²) in [5.41, 5.74) is 1.20. The van der Waals surface area contributed by atoms with Gasteiger partial charge >= 0.3 is 0 Å². The van der Waals surface area contributed by atoms with Gasteiger partial charge in [-0.15, -0.1) is 0 Å². The summed E-state index contributed by atoms with van der Waals surface area (Å²) in [4.78, 5) is 23.4. The van der Waals surface area contributed by atoms with Gasteiger partial charge in [-0.3, -0.25) is 9.59 Å². The molecule has 1 amide bonds. The second-order valence-corrected chi connectivity index (χ2v) is 9.55. The van der Waals surface area contributed by atoms with Crippen molar-refractivity contribution in [3.63, 3.8) is 0 Å². The number of hydrogen-bond donors (Lipinski definition) is 2. The number of nitrogens with one attached hydrogen (secondary N) is 2. The molecule has 3 fully saturated rings. The topological polar surface area (TPSA) is 85.9 Å². The molecule has 0 spiro atoms. The molecule has 0 radical (unpaired) electrons. The number of benzene rings is 1. The van der Waals surface area contributed by atoms with Gasteiger partial charge in [0.1, 0.15) is 12.4 Å². The maximum Gasteiger partial charge on any atom is 0.225 e. The molecule has 2 heterocycles. The number of carbonyl (C=O) groups is 2. The van der Waals surface area contributed by atoms with Crippen molar-refractivity contribution in [2.45, 2.75) is 75.5 Å². The second kappa shape index (κ2) is 12.5. The van der Waals surface area contributed by atoms with E-state index in [0.717, 1.165) is 76.6 Å². The summed E-state index contributed by atoms with van der Waals surface area (Å²) in [6.45, 7) is 3.00. The third-order valence-corrected chi connectivity index (χ3v) is 7.29. The van der Waals surface area contributed by atoms with Crippen LogP contribution in [0.3, 0.4) is 0 Å². The van der Waals surface area contributed by atoms with Crippen molar-refractivity contribution in [3.8, 4) is 5.75 Å². The van der Waals surface area contributed by atoms with Crippen LogP contribution in [-0.4, -0.2) is 63.4 Å². The maximum absolute atomic E-state index is 12.7. The predicted molar refractivity (Wildman–Crippen MR) is 125 cm³/mol. The van der Waals surface area contributed by atoms with Crippen molar-refractivity contribution >= 4 is 12.2 Å². The number of hydrogen-bond acceptors (Lipinski definition) is 6. The van der Waals surface area contributed by atoms with Crippen molar-refractivity contribution < 1.29 is 23.8 Å². The van der Waals surface area contributed by atoms with Crippen molar-refractivity contribution in [1.29, 1.82) is 0 Å². The SMILES string of the molecule is O=CCOc1ccccc1C1CCC(OC[C@@H]2NCCC[C@@H]2NC(=O)[C@@H]2CCCOC2)CC1. The fourth-order valence-electron chi connectivity index (χ4n) is 5.40. The average Bonchev–Trinajstić information content (AvgIpc) is 2.88. The predicted octanol–water partition coefficient (Wildman–Crippen LogP) is 2.97. The fourth-order valence-corrected chi connectivity index (χ4v) is 5.40. The second-order valence-electron chi connectivity index (χ2n) is 9.55. The number of piperidine rings is 1. The third-order valence-electron chi connectivity index (χ3n) is 7.29. The van der Waals surface area contributed by atoms with Crippen LogP contribution in [0.1, 0.15) is 62.8 Å². The lowest BCUT2D eigenvalue weighted by Crippen LogP contribution is -2.57. The zero-order valence-electron chi connectivity index (χ0n) is 19.5. The van der Waals surface area contributed by atoms with Gasteiger partial charge in [-0.25, -0.2) is 0 Å². The molecule has 3 atom stereocenters. The van der Waals surface area contributed by atoms with Gasteiger partial charge in [0.05, 0.1) is 31.3 Å². The molecule has 2 saturated heterocycles. The summed E-state index contributed by atoms with van der Waals surface area (Å²) in [6.07, 6.45) is 9.09. The van der Waals surface area contributed by atoms with Gasteiger partial charge in [0.15, 0.2) is 6.29 Å². The first-order valence-corrected chi connectivity index (χ1v) is 12.6. The molecular weight excluding hydrogens is 420 g/mol. The Balaban J connectivity index is 1.24. The molecule has 182 valence electrons. The Bertz CT molecular complexity index is 759. The average molecular weight is 459 g/mol. The van der Waals surface area contributed by atoms with Gasteiger partial charge in [0.25, 0.3) is 0 Å². The lowest BCUT2D eigenvalue weighted by atomic mass is 9.82. The Morgan fingerprint density at radius 1 is 1.12 bits per heavy atom. The highest BCUT2D eigenvalue weighted by atomic mass is 16.5. The van der Waals surface area contributed by atoms with E-state index in [-0.39, 0.29) is 36.6 Å². The van der Waals surface area contributed by atoms with E-state index in [1.54, 1.807) is 0 Å². The van der Waals surface area contributed by atoms with Gasteiger partial charge < -0.3 is 24.8 Å². The maximum atomic E-state index is 12.7. The van der Waals surface area contributed by atoms with E-state index in [2.05, 4.69) is 16.7 Å². The third kappa shape index (κ3) is 6.78. The fraction of sp³-hybridized carbons (Fsp3) is 0.692. The number of ether oxygens (including phenoxy) is 3. The normalized spacial score (nSPS) is 30.4. The molecule has 1 saturated carbocycles. The molecule has 2 aliphatic heterocycles. The van der Waals surface area contributed by atoms with Crippen LogP contribution in [0.25, 0.3) is 0 Å². The van der Waals surface area contributed by atoms with E-state index in [1.807, 2.05) is 18.2 Å². The Kier molecular flexibility index (Phi) is 9.15. The zero-order valence-corrected chi connectivity index (χ0v) is 19.5. The molecule has 1 aliphatic carbocycles. The van der Waals surface area contributed by atoms with Crippen molar-refractivity contribution in [2.75, 3.05) is 33.0 Å². The first-order chi connectivity index (χ1) is 16.2. The molecule has 0 aromatic heterocycles. The van der Waals surface area contributed by atoms with Crippen LogP contribution in [0, 0.1) is 5.92 Å². The molecule has 0 unspecified atom stereocenters. The van der Waals surface area contributed by atoms with Gasteiger partial charge in [-0.2, -0.15) is 0 Å². The molecule has 1 aromatic rings. The lowest BCUT2D eigenvalue weighted by Gasteiger charge is -2.36. The van der Waals surface area contributed by atoms with Crippen LogP contribution in [0.4, 0.5) is 0 Å². The zero-order chi connectivity index (χ0) is 22.9. The van der Waals surface area contributed by atoms with E-state index >= 15 is 0 Å². The molecule has 2 N–H and O–H groups in total. The van der Waals surface area contributed by atoms with Crippen LogP contribution in [0.15, 0.2) is 24.3 Å². The number of carbonyl (C=O) groups excluding carboxylic acids is 2. The highest BCUT2D eigenvalue weighted by Crippen LogP contribution is 2.38. The molecule has 1 aromatic carbocycles. The highest BCUT2D eigenvalue weighted by Gasteiger charge is 2.31. The number of aldehydes is 1. The Hall–Kier alpha value is -1.96. The van der Waals surface area contributed by atoms with Crippen LogP contribution in [0.5, 0.6) is 5.75 Å². The van der Waals surface area contributed by atoms with Gasteiger partial charge in [-0.05, 0) is 75.5 Å². The first kappa shape index (κ1) is 24.2. The molecule has 4 rings (SSSR count). The van der Waals surface area contributed by atoms with E-state index in [0.29, 0.717) is 19.1 Å². The van der Waals surface area contributed by atoms with Crippen molar-refractivity contribution in [1.82, 2.24) is 10.6 Å². The Morgan fingerprint density at radius 3 is 2.76 bits per heavy atom. The Labute approximate surface area is 196 Å². The van der Waals surface area contributed by atoms with Crippen LogP contribution in [-0.2, 0) is 19.1 Å². The van der Waals surface area contributed by atoms with Gasteiger partial charge in [0.2, 0.25) is 5.91 Å². The molecular formula is C26H38N2O5. The molecule has 33 heavy (non-hydrogen) atoms. The van der Waals surface area contributed by atoms with Gasteiger partial charge in [0, 0.05) is 12.6 Å². The van der Waals surface area contributed by atoms with Crippen LogP contribution >= 0.6 is 0 Å². The minimum atomic E-state index is -0.0177. The van der Waals surface area contributed by atoms with Crippen LogP contribution in [0.2, 0.25) is 0 Å². The summed E-state index contributed by atoms with van der Waals surface area (Å²) in [7, 11) is 0. The Morgan fingerprint density at radius 2 is 1.97 bits per heavy atom. The summed E-state index contributed by atoms with van der Waals surface area (Å²) in [5.74, 6) is 1.37. The standard InChI is InChI=1S/C26H38N2O5/c29-14-16-32-25-8-2-1-6-22(25)19-9-11-21(12-10-19)33-18-24-23(7-3-13-27-24)28-26(30)20-5-4-15-31-17-20/h1-2,6,8,14,19-21,23-24,27H,3-5,7,9-13,15-18H2,(H,28,30)/t19?,20-,21?,23+,24+/m1/s1. The van der Waals surface area contributed by atoms with Crippen molar-refractivity contribution in [2.24, 2.45) is 5.92 Å². The summed E-state index contributed by atoms with van der Waals surface area (Å²) < 4.78 is 17.5. The lowest BCUT2D eigenvalue weighted by molar-refractivity contribution is -0.130. The number of para-hydroxylation sites is 1. The minimum absolute atomic E-state index is 0.0177. The van der Waals surface area contributed by atoms with E-state index < -0.39 is 0 Å². The number of amides is 1. The van der Waals surface area contributed by atoms with E-state index in [9.17, 15) is 9.59 Å². The minimum Gasteiger partial charge on any atom is -0.486 e. The largest absolute Gasteiger partial charge is 0.486 e. The van der Waals surface area contributed by atoms with Gasteiger partial charge in [-0.1, -0.05) is 18.2 Å². The quantitative estimate of drug-likeness (QED) is 0.554. The summed E-state index contributed by atoms with van der Waals surface area (Å²) in [6, 6.07) is 8.32. The monoisotopic (exact) mass is 458 g/mol. The van der Waals surface area contributed by atoms with E-state index in [4.69, 9.17) is 14.2 Å². The highest BCUT2D eigenvalue weighted by molar-refractivity contribution is 5.79. The molecule has 7 nitrogen and oxygen atoms in total. The molecule has 0 bridgehead atoms.